The molecular weight excluding hydrogens is 196 g/mol. The second-order valence-corrected chi connectivity index (χ2v) is 3.41. The van der Waals surface area contributed by atoms with Crippen LogP contribution in [0.15, 0.2) is 49.1 Å². The van der Waals surface area contributed by atoms with Crippen molar-refractivity contribution < 1.29 is 0 Å². The Labute approximate surface area is 100 Å². The maximum Gasteiger partial charge on any atom is 0.0399 e. The van der Waals surface area contributed by atoms with Crippen molar-refractivity contribution in [3.05, 3.63) is 49.1 Å². The summed E-state index contributed by atoms with van der Waals surface area (Å²) in [6, 6.07) is 0. The van der Waals surface area contributed by atoms with Crippen LogP contribution in [-0.4, -0.2) is 22.9 Å². The van der Waals surface area contributed by atoms with Gasteiger partial charge in [0.15, 0.2) is 0 Å². The van der Waals surface area contributed by atoms with Gasteiger partial charge in [-0.15, -0.1) is 0 Å². The minimum atomic E-state index is 0.976. The minimum Gasteiger partial charge on any atom is -0.353 e. The van der Waals surface area contributed by atoms with Crippen LogP contribution in [0.3, 0.4) is 0 Å². The standard InChI is InChI=1S/C14H24N2/c1-5-9-15(10-6-2)13-14-16(11-7-3)12-8-4/h5-12H,13-14H2,1-4H3/b9-5+,10-6+,11-7+,12-8+. The summed E-state index contributed by atoms with van der Waals surface area (Å²) in [6.07, 6.45) is 16.6. The minimum absolute atomic E-state index is 0.976. The molecule has 0 atom stereocenters. The lowest BCUT2D eigenvalue weighted by Crippen LogP contribution is -2.23. The molecule has 0 aliphatic rings. The number of rotatable bonds is 7. The van der Waals surface area contributed by atoms with E-state index in [-0.39, 0.29) is 0 Å². The van der Waals surface area contributed by atoms with Crippen LogP contribution in [0.5, 0.6) is 0 Å². The van der Waals surface area contributed by atoms with Crippen LogP contribution in [0.2, 0.25) is 0 Å². The van der Waals surface area contributed by atoms with Crippen molar-refractivity contribution in [2.45, 2.75) is 27.7 Å². The van der Waals surface area contributed by atoms with Crippen molar-refractivity contribution in [2.24, 2.45) is 0 Å². The van der Waals surface area contributed by atoms with Crippen LogP contribution < -0.4 is 0 Å². The average molecular weight is 220 g/mol. The lowest BCUT2D eigenvalue weighted by Gasteiger charge is -2.20. The fourth-order valence-corrected chi connectivity index (χ4v) is 1.39. The Morgan fingerprint density at radius 2 is 0.812 bits per heavy atom. The molecule has 0 aromatic carbocycles. The van der Waals surface area contributed by atoms with Crippen LogP contribution >= 0.6 is 0 Å². The van der Waals surface area contributed by atoms with Gasteiger partial charge in [0.2, 0.25) is 0 Å². The second kappa shape index (κ2) is 10.1. The van der Waals surface area contributed by atoms with Gasteiger partial charge in [0.25, 0.3) is 0 Å². The van der Waals surface area contributed by atoms with Gasteiger partial charge >= 0.3 is 0 Å². The monoisotopic (exact) mass is 220 g/mol. The summed E-state index contributed by atoms with van der Waals surface area (Å²) in [7, 11) is 0. The van der Waals surface area contributed by atoms with Crippen molar-refractivity contribution >= 4 is 0 Å². The number of allylic oxidation sites excluding steroid dienone is 4. The van der Waals surface area contributed by atoms with E-state index in [1.807, 2.05) is 27.7 Å². The molecule has 0 rings (SSSR count). The number of hydrogen-bond acceptors (Lipinski definition) is 2. The molecule has 0 aliphatic heterocycles. The highest BCUT2D eigenvalue weighted by Gasteiger charge is 1.97. The quantitative estimate of drug-likeness (QED) is 0.645. The van der Waals surface area contributed by atoms with Gasteiger partial charge in [0.05, 0.1) is 0 Å². The van der Waals surface area contributed by atoms with Crippen molar-refractivity contribution in [3.63, 3.8) is 0 Å². The van der Waals surface area contributed by atoms with Gasteiger partial charge in [0.1, 0.15) is 0 Å². The summed E-state index contributed by atoms with van der Waals surface area (Å²) in [6.45, 7) is 10.1. The predicted octanol–water partition coefficient (Wildman–Crippen LogP) is 3.72. The van der Waals surface area contributed by atoms with Gasteiger partial charge in [-0.05, 0) is 52.5 Å². The third-order valence-corrected chi connectivity index (χ3v) is 1.98. The molecule has 0 amide bonds. The predicted molar refractivity (Wildman–Crippen MR) is 72.7 cm³/mol. The molecule has 0 bridgehead atoms. The molecule has 2 heteroatoms. The van der Waals surface area contributed by atoms with E-state index in [1.165, 1.54) is 0 Å². The van der Waals surface area contributed by atoms with Gasteiger partial charge in [-0.1, -0.05) is 24.3 Å². The molecule has 0 aromatic heterocycles. The Balaban J connectivity index is 4.24. The summed E-state index contributed by atoms with van der Waals surface area (Å²) in [5, 5.41) is 0. The van der Waals surface area contributed by atoms with Gasteiger partial charge in [-0.2, -0.15) is 0 Å². The molecule has 0 N–H and O–H groups in total. The van der Waals surface area contributed by atoms with Crippen molar-refractivity contribution in [2.75, 3.05) is 13.1 Å². The molecule has 0 saturated heterocycles. The zero-order valence-corrected chi connectivity index (χ0v) is 10.9. The highest BCUT2D eigenvalue weighted by molar-refractivity contribution is 4.93. The average Bonchev–Trinajstić information content (AvgIpc) is 2.27. The van der Waals surface area contributed by atoms with E-state index in [2.05, 4.69) is 58.9 Å². The topological polar surface area (TPSA) is 6.48 Å². The fraction of sp³-hybridized carbons (Fsp3) is 0.429. The Morgan fingerprint density at radius 1 is 0.562 bits per heavy atom. The zero-order chi connectivity index (χ0) is 12.2. The van der Waals surface area contributed by atoms with Gasteiger partial charge in [-0.3, -0.25) is 0 Å². The summed E-state index contributed by atoms with van der Waals surface area (Å²) in [4.78, 5) is 4.36. The molecule has 0 radical (unpaired) electrons. The largest absolute Gasteiger partial charge is 0.353 e. The Morgan fingerprint density at radius 3 is 1.00 bits per heavy atom. The molecule has 0 unspecified atom stereocenters. The highest BCUT2D eigenvalue weighted by atomic mass is 15.2. The molecule has 0 heterocycles. The normalized spacial score (nSPS) is 12.5. The second-order valence-electron chi connectivity index (χ2n) is 3.41. The fourth-order valence-electron chi connectivity index (χ4n) is 1.39. The Kier molecular flexibility index (Phi) is 9.18. The maximum absolute atomic E-state index is 2.18. The molecular formula is C14H24N2. The van der Waals surface area contributed by atoms with E-state index in [0.29, 0.717) is 0 Å². The van der Waals surface area contributed by atoms with Gasteiger partial charge in [0, 0.05) is 13.1 Å². The molecule has 0 aromatic rings. The highest BCUT2D eigenvalue weighted by Crippen LogP contribution is 1.97. The number of nitrogens with zero attached hydrogens (tertiary/aromatic N) is 2. The first kappa shape index (κ1) is 14.6. The first-order valence-corrected chi connectivity index (χ1v) is 5.81. The summed E-state index contributed by atoms with van der Waals surface area (Å²) in [5.41, 5.74) is 0. The first-order valence-electron chi connectivity index (χ1n) is 5.81. The van der Waals surface area contributed by atoms with Crippen LogP contribution in [-0.2, 0) is 0 Å². The zero-order valence-electron chi connectivity index (χ0n) is 10.9. The van der Waals surface area contributed by atoms with Gasteiger partial charge < -0.3 is 9.80 Å². The third-order valence-electron chi connectivity index (χ3n) is 1.98. The maximum atomic E-state index is 2.18. The van der Waals surface area contributed by atoms with E-state index < -0.39 is 0 Å². The van der Waals surface area contributed by atoms with Crippen LogP contribution in [0.25, 0.3) is 0 Å². The van der Waals surface area contributed by atoms with Crippen molar-refractivity contribution in [1.29, 1.82) is 0 Å². The molecule has 90 valence electrons. The molecule has 0 fully saturated rings. The van der Waals surface area contributed by atoms with Crippen LogP contribution in [0.4, 0.5) is 0 Å². The van der Waals surface area contributed by atoms with E-state index in [4.69, 9.17) is 0 Å². The first-order chi connectivity index (χ1) is 7.78. The van der Waals surface area contributed by atoms with Crippen LogP contribution in [0.1, 0.15) is 27.7 Å². The van der Waals surface area contributed by atoms with Crippen LogP contribution in [0, 0.1) is 0 Å². The van der Waals surface area contributed by atoms with E-state index in [1.54, 1.807) is 0 Å². The summed E-state index contributed by atoms with van der Waals surface area (Å²) >= 11 is 0. The van der Waals surface area contributed by atoms with Gasteiger partial charge in [-0.25, -0.2) is 0 Å². The summed E-state index contributed by atoms with van der Waals surface area (Å²) in [5.74, 6) is 0. The van der Waals surface area contributed by atoms with E-state index in [9.17, 15) is 0 Å². The lowest BCUT2D eigenvalue weighted by atomic mass is 10.4. The molecule has 16 heavy (non-hydrogen) atoms. The van der Waals surface area contributed by atoms with Crippen molar-refractivity contribution in [3.8, 4) is 0 Å². The lowest BCUT2D eigenvalue weighted by molar-refractivity contribution is 0.410. The molecule has 0 spiro atoms. The molecule has 2 nitrogen and oxygen atoms in total. The summed E-state index contributed by atoms with van der Waals surface area (Å²) < 4.78 is 0. The molecule has 0 aliphatic carbocycles. The number of hydrogen-bond donors (Lipinski definition) is 0. The van der Waals surface area contributed by atoms with E-state index >= 15 is 0 Å². The SMILES string of the molecule is C/C=C/N(/C=C/C)CCN(/C=C/C)/C=C/C. The van der Waals surface area contributed by atoms with E-state index in [0.717, 1.165) is 13.1 Å². The molecule has 0 saturated carbocycles. The third kappa shape index (κ3) is 6.93. The Bertz CT molecular complexity index is 210. The van der Waals surface area contributed by atoms with Crippen molar-refractivity contribution in [1.82, 2.24) is 9.80 Å². The smallest absolute Gasteiger partial charge is 0.0399 e. The Hall–Kier alpha value is -1.44.